The van der Waals surface area contributed by atoms with Crippen molar-refractivity contribution in [3.05, 3.63) is 23.5 Å². The Morgan fingerprint density at radius 1 is 1.53 bits per heavy atom. The molecule has 0 saturated heterocycles. The lowest BCUT2D eigenvalue weighted by atomic mass is 10.3. The van der Waals surface area contributed by atoms with Crippen LogP contribution in [0.5, 0.6) is 0 Å². The summed E-state index contributed by atoms with van der Waals surface area (Å²) in [5.74, 6) is -0.206. The molecule has 0 radical (unpaired) electrons. The number of amides is 1. The third-order valence-corrected chi connectivity index (χ3v) is 2.14. The zero-order chi connectivity index (χ0) is 12.7. The number of ether oxygens (including phenoxy) is 1. The maximum atomic E-state index is 11.6. The lowest BCUT2D eigenvalue weighted by molar-refractivity contribution is 0.0756. The molecule has 0 aromatic carbocycles. The Balaban J connectivity index is 2.23. The molecule has 1 aromatic heterocycles. The Kier molecular flexibility index (Phi) is 5.42. The minimum absolute atomic E-state index is 0.206. The van der Waals surface area contributed by atoms with Gasteiger partial charge in [-0.3, -0.25) is 9.59 Å². The molecule has 1 rings (SSSR count). The van der Waals surface area contributed by atoms with Crippen LogP contribution in [0.1, 0.15) is 41.2 Å². The minimum atomic E-state index is -0.206. The van der Waals surface area contributed by atoms with Crippen molar-refractivity contribution in [2.24, 2.45) is 0 Å². The highest BCUT2D eigenvalue weighted by Gasteiger charge is 2.06. The highest BCUT2D eigenvalue weighted by atomic mass is 16.5. The molecule has 0 unspecified atom stereocenters. The minimum Gasteiger partial charge on any atom is -0.379 e. The summed E-state index contributed by atoms with van der Waals surface area (Å²) in [5, 5.41) is 2.74. The van der Waals surface area contributed by atoms with E-state index in [-0.39, 0.29) is 12.0 Å². The van der Waals surface area contributed by atoms with Gasteiger partial charge in [0.15, 0.2) is 6.29 Å². The highest BCUT2D eigenvalue weighted by Crippen LogP contribution is 1.99. The Bertz CT molecular complexity index is 372. The van der Waals surface area contributed by atoms with Crippen molar-refractivity contribution in [1.82, 2.24) is 10.3 Å². The van der Waals surface area contributed by atoms with Crippen LogP contribution >= 0.6 is 0 Å². The van der Waals surface area contributed by atoms with E-state index in [0.717, 1.165) is 6.42 Å². The van der Waals surface area contributed by atoms with Crippen LogP contribution in [0.2, 0.25) is 0 Å². The number of carbonyl (C=O) groups excluding carboxylic acids is 2. The molecular formula is C12H18N2O3. The van der Waals surface area contributed by atoms with E-state index in [1.807, 2.05) is 13.8 Å². The van der Waals surface area contributed by atoms with Crippen LogP contribution in [0.3, 0.4) is 0 Å². The average Bonchev–Trinajstić information content (AvgIpc) is 2.76. The maximum Gasteiger partial charge on any atom is 0.267 e. The van der Waals surface area contributed by atoms with Gasteiger partial charge in [-0.05, 0) is 32.4 Å². The second-order valence-electron chi connectivity index (χ2n) is 3.97. The van der Waals surface area contributed by atoms with E-state index >= 15 is 0 Å². The van der Waals surface area contributed by atoms with Gasteiger partial charge in [-0.1, -0.05) is 0 Å². The summed E-state index contributed by atoms with van der Waals surface area (Å²) in [6.07, 6.45) is 1.66. The van der Waals surface area contributed by atoms with Crippen molar-refractivity contribution in [2.75, 3.05) is 13.2 Å². The van der Waals surface area contributed by atoms with Gasteiger partial charge in [0.2, 0.25) is 0 Å². The lowest BCUT2D eigenvalue weighted by Gasteiger charge is -2.07. The van der Waals surface area contributed by atoms with Gasteiger partial charge in [-0.25, -0.2) is 0 Å². The topological polar surface area (TPSA) is 71.2 Å². The second-order valence-corrected chi connectivity index (χ2v) is 3.97. The molecule has 0 aliphatic heterocycles. The van der Waals surface area contributed by atoms with Crippen LogP contribution in [0.25, 0.3) is 0 Å². The molecule has 94 valence electrons. The summed E-state index contributed by atoms with van der Waals surface area (Å²) in [6, 6.07) is 3.16. The SMILES string of the molecule is CC(C)OCCCNC(=O)c1ccc(C=O)[nH]1. The fourth-order valence-corrected chi connectivity index (χ4v) is 1.30. The molecule has 5 heteroatoms. The van der Waals surface area contributed by atoms with Gasteiger partial charge in [-0.15, -0.1) is 0 Å². The van der Waals surface area contributed by atoms with E-state index < -0.39 is 0 Å². The number of aromatic nitrogens is 1. The van der Waals surface area contributed by atoms with Gasteiger partial charge < -0.3 is 15.0 Å². The molecule has 2 N–H and O–H groups in total. The van der Waals surface area contributed by atoms with Crippen molar-refractivity contribution >= 4 is 12.2 Å². The first-order valence-electron chi connectivity index (χ1n) is 5.67. The summed E-state index contributed by atoms with van der Waals surface area (Å²) in [5.41, 5.74) is 0.801. The monoisotopic (exact) mass is 238 g/mol. The zero-order valence-corrected chi connectivity index (χ0v) is 10.2. The Labute approximate surface area is 101 Å². The standard InChI is InChI=1S/C12H18N2O3/c1-9(2)17-7-3-6-13-12(16)11-5-4-10(8-15)14-11/h4-5,8-9,14H,3,6-7H2,1-2H3,(H,13,16). The lowest BCUT2D eigenvalue weighted by Crippen LogP contribution is -2.25. The normalized spacial score (nSPS) is 10.5. The van der Waals surface area contributed by atoms with Crippen molar-refractivity contribution in [3.63, 3.8) is 0 Å². The second kappa shape index (κ2) is 6.85. The molecule has 17 heavy (non-hydrogen) atoms. The van der Waals surface area contributed by atoms with Gasteiger partial charge in [0.05, 0.1) is 11.8 Å². The van der Waals surface area contributed by atoms with Crippen LogP contribution in [0, 0.1) is 0 Å². The van der Waals surface area contributed by atoms with Gasteiger partial charge in [0.1, 0.15) is 5.69 Å². The Morgan fingerprint density at radius 2 is 2.29 bits per heavy atom. The highest BCUT2D eigenvalue weighted by molar-refractivity contribution is 5.93. The third kappa shape index (κ3) is 4.82. The van der Waals surface area contributed by atoms with Crippen LogP contribution in [-0.4, -0.2) is 36.4 Å². The number of aromatic amines is 1. The van der Waals surface area contributed by atoms with E-state index in [0.29, 0.717) is 30.8 Å². The molecule has 0 atom stereocenters. The van der Waals surface area contributed by atoms with Gasteiger partial charge >= 0.3 is 0 Å². The predicted octanol–water partition coefficient (Wildman–Crippen LogP) is 1.37. The maximum absolute atomic E-state index is 11.6. The fourth-order valence-electron chi connectivity index (χ4n) is 1.30. The van der Waals surface area contributed by atoms with Crippen LogP contribution < -0.4 is 5.32 Å². The number of aldehydes is 1. The predicted molar refractivity (Wildman–Crippen MR) is 64.2 cm³/mol. The van der Waals surface area contributed by atoms with E-state index in [1.54, 1.807) is 12.1 Å². The van der Waals surface area contributed by atoms with E-state index in [9.17, 15) is 9.59 Å². The molecule has 0 saturated carbocycles. The van der Waals surface area contributed by atoms with Crippen molar-refractivity contribution in [3.8, 4) is 0 Å². The van der Waals surface area contributed by atoms with Crippen LogP contribution in [0.15, 0.2) is 12.1 Å². The van der Waals surface area contributed by atoms with Crippen molar-refractivity contribution in [1.29, 1.82) is 0 Å². The molecule has 0 fully saturated rings. The zero-order valence-electron chi connectivity index (χ0n) is 10.2. The van der Waals surface area contributed by atoms with E-state index in [2.05, 4.69) is 10.3 Å². The van der Waals surface area contributed by atoms with E-state index in [1.165, 1.54) is 0 Å². The number of hydrogen-bond acceptors (Lipinski definition) is 3. The summed E-state index contributed by atoms with van der Waals surface area (Å²) >= 11 is 0. The third-order valence-electron chi connectivity index (χ3n) is 2.14. The van der Waals surface area contributed by atoms with Crippen LogP contribution in [-0.2, 0) is 4.74 Å². The molecule has 1 amide bonds. The summed E-state index contributed by atoms with van der Waals surface area (Å²) in [7, 11) is 0. The van der Waals surface area contributed by atoms with E-state index in [4.69, 9.17) is 4.74 Å². The largest absolute Gasteiger partial charge is 0.379 e. The Hall–Kier alpha value is -1.62. The number of carbonyl (C=O) groups is 2. The quantitative estimate of drug-likeness (QED) is 0.556. The smallest absolute Gasteiger partial charge is 0.267 e. The number of rotatable bonds is 7. The summed E-state index contributed by atoms with van der Waals surface area (Å²) in [6.45, 7) is 5.13. The van der Waals surface area contributed by atoms with Gasteiger partial charge in [0.25, 0.3) is 5.91 Å². The average molecular weight is 238 g/mol. The van der Waals surface area contributed by atoms with Gasteiger partial charge in [-0.2, -0.15) is 0 Å². The molecule has 0 bridgehead atoms. The molecule has 1 aromatic rings. The summed E-state index contributed by atoms with van der Waals surface area (Å²) in [4.78, 5) is 24.7. The van der Waals surface area contributed by atoms with Gasteiger partial charge in [0, 0.05) is 13.2 Å². The van der Waals surface area contributed by atoms with Crippen LogP contribution in [0.4, 0.5) is 0 Å². The number of hydrogen-bond donors (Lipinski definition) is 2. The molecule has 5 nitrogen and oxygen atoms in total. The first kappa shape index (κ1) is 13.4. The molecule has 0 aliphatic rings. The molecule has 0 aliphatic carbocycles. The molecule has 0 spiro atoms. The first-order chi connectivity index (χ1) is 8.13. The Morgan fingerprint density at radius 3 is 2.88 bits per heavy atom. The first-order valence-corrected chi connectivity index (χ1v) is 5.67. The van der Waals surface area contributed by atoms with Crippen molar-refractivity contribution < 1.29 is 14.3 Å². The number of nitrogens with one attached hydrogen (secondary N) is 2. The fraction of sp³-hybridized carbons (Fsp3) is 0.500. The molecule has 1 heterocycles. The summed E-state index contributed by atoms with van der Waals surface area (Å²) < 4.78 is 5.35. The van der Waals surface area contributed by atoms with Crippen molar-refractivity contribution in [2.45, 2.75) is 26.4 Å². The number of H-pyrrole nitrogens is 1. The molecular weight excluding hydrogens is 220 g/mol.